The van der Waals surface area contributed by atoms with Crippen LogP contribution in [0.3, 0.4) is 0 Å². The molecule has 126 valence electrons. The highest BCUT2D eigenvalue weighted by molar-refractivity contribution is 5.82. The van der Waals surface area contributed by atoms with E-state index in [1.807, 2.05) is 43.5 Å². The van der Waals surface area contributed by atoms with Gasteiger partial charge in [0.05, 0.1) is 13.7 Å². The molecule has 24 heavy (non-hydrogen) atoms. The Labute approximate surface area is 142 Å². The molecular formula is C19H22N2O3. The zero-order chi connectivity index (χ0) is 16.9. The molecule has 1 fully saturated rings. The summed E-state index contributed by atoms with van der Waals surface area (Å²) in [6.45, 7) is 2.99. The number of benzene rings is 1. The van der Waals surface area contributed by atoms with E-state index in [9.17, 15) is 4.79 Å². The van der Waals surface area contributed by atoms with Gasteiger partial charge in [-0.3, -0.25) is 9.78 Å². The van der Waals surface area contributed by atoms with Crippen LogP contribution < -0.4 is 14.8 Å². The summed E-state index contributed by atoms with van der Waals surface area (Å²) in [6.07, 6.45) is 4.49. The van der Waals surface area contributed by atoms with Gasteiger partial charge in [-0.2, -0.15) is 0 Å². The highest BCUT2D eigenvalue weighted by Gasteiger charge is 2.43. The molecule has 1 aromatic carbocycles. The van der Waals surface area contributed by atoms with E-state index in [0.29, 0.717) is 30.6 Å². The van der Waals surface area contributed by atoms with Gasteiger partial charge in [0.15, 0.2) is 11.5 Å². The summed E-state index contributed by atoms with van der Waals surface area (Å²) >= 11 is 0. The number of carbonyl (C=O) groups is 1. The van der Waals surface area contributed by atoms with Gasteiger partial charge in [-0.25, -0.2) is 0 Å². The van der Waals surface area contributed by atoms with E-state index >= 15 is 0 Å². The molecule has 0 aliphatic heterocycles. The highest BCUT2D eigenvalue weighted by Crippen LogP contribution is 2.47. The minimum absolute atomic E-state index is 0.0545. The first-order chi connectivity index (χ1) is 11.7. The average Bonchev–Trinajstić information content (AvgIpc) is 3.42. The van der Waals surface area contributed by atoms with Gasteiger partial charge in [0.25, 0.3) is 0 Å². The lowest BCUT2D eigenvalue weighted by atomic mass is 10.1. The van der Waals surface area contributed by atoms with Crippen molar-refractivity contribution in [3.63, 3.8) is 0 Å². The Balaban J connectivity index is 1.56. The second-order valence-electron chi connectivity index (χ2n) is 5.87. The number of hydrogen-bond donors (Lipinski definition) is 1. The normalized spacial score (nSPS) is 18.8. The number of amides is 1. The standard InChI is InChI=1S/C19H22N2O3/c1-3-24-18-9-13(6-7-17(18)23-2)11-21-19(22)16-10-15(16)14-5-4-8-20-12-14/h4-9,12,15-16H,3,10-11H2,1-2H3,(H,21,22)/t15-,16-/m0/s1. The van der Waals surface area contributed by atoms with Crippen molar-refractivity contribution >= 4 is 5.91 Å². The van der Waals surface area contributed by atoms with Gasteiger partial charge in [0.2, 0.25) is 5.91 Å². The molecule has 1 aliphatic carbocycles. The fraction of sp³-hybridized carbons (Fsp3) is 0.368. The minimum atomic E-state index is 0.0545. The summed E-state index contributed by atoms with van der Waals surface area (Å²) in [5, 5.41) is 3.01. The van der Waals surface area contributed by atoms with E-state index < -0.39 is 0 Å². The van der Waals surface area contributed by atoms with E-state index in [4.69, 9.17) is 9.47 Å². The first kappa shape index (κ1) is 16.3. The number of carbonyl (C=O) groups excluding carboxylic acids is 1. The summed E-state index contributed by atoms with van der Waals surface area (Å²) in [5.41, 5.74) is 2.13. The van der Waals surface area contributed by atoms with Crippen LogP contribution in [-0.4, -0.2) is 24.6 Å². The highest BCUT2D eigenvalue weighted by atomic mass is 16.5. The molecule has 0 saturated heterocycles. The molecule has 1 amide bonds. The van der Waals surface area contributed by atoms with E-state index in [-0.39, 0.29) is 11.8 Å². The third kappa shape index (κ3) is 3.67. The summed E-state index contributed by atoms with van der Waals surface area (Å²) in [6, 6.07) is 9.65. The topological polar surface area (TPSA) is 60.5 Å². The number of hydrogen-bond acceptors (Lipinski definition) is 4. The molecule has 0 unspecified atom stereocenters. The Hall–Kier alpha value is -2.56. The number of pyridine rings is 1. The summed E-state index contributed by atoms with van der Waals surface area (Å²) in [5.74, 6) is 1.85. The molecule has 1 saturated carbocycles. The lowest BCUT2D eigenvalue weighted by Gasteiger charge is -2.11. The summed E-state index contributed by atoms with van der Waals surface area (Å²) in [4.78, 5) is 16.4. The van der Waals surface area contributed by atoms with Crippen LogP contribution in [0, 0.1) is 5.92 Å². The predicted octanol–water partition coefficient (Wildman–Crippen LogP) is 2.91. The number of ether oxygens (including phenoxy) is 2. The Morgan fingerprint density at radius 2 is 2.21 bits per heavy atom. The molecule has 1 aliphatic rings. The Morgan fingerprint density at radius 1 is 1.33 bits per heavy atom. The molecule has 2 aromatic rings. The van der Waals surface area contributed by atoms with Gasteiger partial charge < -0.3 is 14.8 Å². The number of aromatic nitrogens is 1. The molecule has 0 bridgehead atoms. The maximum Gasteiger partial charge on any atom is 0.224 e. The van der Waals surface area contributed by atoms with Crippen molar-refractivity contribution < 1.29 is 14.3 Å². The lowest BCUT2D eigenvalue weighted by Crippen LogP contribution is -2.24. The van der Waals surface area contributed by atoms with E-state index in [1.54, 1.807) is 13.3 Å². The predicted molar refractivity (Wildman–Crippen MR) is 91.1 cm³/mol. The number of methoxy groups -OCH3 is 1. The Kier molecular flexibility index (Phi) is 4.99. The van der Waals surface area contributed by atoms with Crippen LogP contribution in [0.15, 0.2) is 42.7 Å². The van der Waals surface area contributed by atoms with E-state index in [0.717, 1.165) is 17.5 Å². The first-order valence-electron chi connectivity index (χ1n) is 8.20. The monoisotopic (exact) mass is 326 g/mol. The molecule has 2 atom stereocenters. The molecule has 0 spiro atoms. The second kappa shape index (κ2) is 7.34. The zero-order valence-electron chi connectivity index (χ0n) is 14.0. The number of rotatable bonds is 7. The molecule has 1 aromatic heterocycles. The van der Waals surface area contributed by atoms with Gasteiger partial charge in [-0.1, -0.05) is 12.1 Å². The van der Waals surface area contributed by atoms with Crippen LogP contribution in [0.5, 0.6) is 11.5 Å². The smallest absolute Gasteiger partial charge is 0.224 e. The van der Waals surface area contributed by atoms with Crippen molar-refractivity contribution in [2.75, 3.05) is 13.7 Å². The third-order valence-corrected chi connectivity index (χ3v) is 4.23. The van der Waals surface area contributed by atoms with Gasteiger partial charge in [0, 0.05) is 24.9 Å². The summed E-state index contributed by atoms with van der Waals surface area (Å²) < 4.78 is 10.8. The van der Waals surface area contributed by atoms with Gasteiger partial charge >= 0.3 is 0 Å². The second-order valence-corrected chi connectivity index (χ2v) is 5.87. The number of nitrogens with one attached hydrogen (secondary N) is 1. The summed E-state index contributed by atoms with van der Waals surface area (Å²) in [7, 11) is 1.62. The molecular weight excluding hydrogens is 304 g/mol. The molecule has 5 nitrogen and oxygen atoms in total. The van der Waals surface area contributed by atoms with Crippen LogP contribution in [0.4, 0.5) is 0 Å². The van der Waals surface area contributed by atoms with Crippen molar-refractivity contribution in [3.05, 3.63) is 53.9 Å². The maximum absolute atomic E-state index is 12.3. The fourth-order valence-corrected chi connectivity index (χ4v) is 2.87. The van der Waals surface area contributed by atoms with Gasteiger partial charge in [-0.15, -0.1) is 0 Å². The van der Waals surface area contributed by atoms with Crippen LogP contribution in [0.2, 0.25) is 0 Å². The van der Waals surface area contributed by atoms with Crippen LogP contribution in [0.25, 0.3) is 0 Å². The van der Waals surface area contributed by atoms with Crippen LogP contribution >= 0.6 is 0 Å². The molecule has 3 rings (SSSR count). The zero-order valence-corrected chi connectivity index (χ0v) is 14.0. The lowest BCUT2D eigenvalue weighted by molar-refractivity contribution is -0.122. The molecule has 5 heteroatoms. The van der Waals surface area contributed by atoms with Crippen molar-refractivity contribution in [2.45, 2.75) is 25.8 Å². The van der Waals surface area contributed by atoms with Crippen molar-refractivity contribution in [1.29, 1.82) is 0 Å². The Morgan fingerprint density at radius 3 is 2.92 bits per heavy atom. The van der Waals surface area contributed by atoms with Crippen molar-refractivity contribution in [1.82, 2.24) is 10.3 Å². The SMILES string of the molecule is CCOc1cc(CNC(=O)[C@H]2C[C@H]2c2cccnc2)ccc1OC. The van der Waals surface area contributed by atoms with Gasteiger partial charge in [-0.05, 0) is 48.6 Å². The third-order valence-electron chi connectivity index (χ3n) is 4.23. The number of nitrogens with zero attached hydrogens (tertiary/aromatic N) is 1. The average molecular weight is 326 g/mol. The minimum Gasteiger partial charge on any atom is -0.493 e. The van der Waals surface area contributed by atoms with Crippen LogP contribution in [0.1, 0.15) is 30.4 Å². The maximum atomic E-state index is 12.3. The fourth-order valence-electron chi connectivity index (χ4n) is 2.87. The van der Waals surface area contributed by atoms with Crippen molar-refractivity contribution in [2.24, 2.45) is 5.92 Å². The Bertz CT molecular complexity index is 703. The molecule has 1 N–H and O–H groups in total. The largest absolute Gasteiger partial charge is 0.493 e. The quantitative estimate of drug-likeness (QED) is 0.850. The van der Waals surface area contributed by atoms with E-state index in [2.05, 4.69) is 10.3 Å². The molecule has 1 heterocycles. The van der Waals surface area contributed by atoms with E-state index in [1.165, 1.54) is 0 Å². The molecule has 0 radical (unpaired) electrons. The first-order valence-corrected chi connectivity index (χ1v) is 8.20. The van der Waals surface area contributed by atoms with Gasteiger partial charge in [0.1, 0.15) is 0 Å². The van der Waals surface area contributed by atoms with Crippen LogP contribution in [-0.2, 0) is 11.3 Å². The van der Waals surface area contributed by atoms with Crippen molar-refractivity contribution in [3.8, 4) is 11.5 Å².